The minimum atomic E-state index is -3.54. The highest BCUT2D eigenvalue weighted by atomic mass is 19.3. The third-order valence-electron chi connectivity index (χ3n) is 3.78. The summed E-state index contributed by atoms with van der Waals surface area (Å²) in [6.45, 7) is 0.0421. The van der Waals surface area contributed by atoms with Gasteiger partial charge in [0.1, 0.15) is 11.5 Å². The van der Waals surface area contributed by atoms with Gasteiger partial charge in [-0.1, -0.05) is 12.1 Å². The maximum absolute atomic E-state index is 14.3. The minimum Gasteiger partial charge on any atom is -0.494 e. The van der Waals surface area contributed by atoms with Crippen LogP contribution < -0.4 is 9.47 Å². The van der Waals surface area contributed by atoms with Gasteiger partial charge in [-0.15, -0.1) is 0 Å². The number of carboxylic acid groups (broad SMARTS) is 1. The van der Waals surface area contributed by atoms with Crippen molar-refractivity contribution in [1.82, 2.24) is 0 Å². The van der Waals surface area contributed by atoms with Crippen LogP contribution in [0.5, 0.6) is 11.5 Å². The van der Waals surface area contributed by atoms with Crippen LogP contribution in [0.1, 0.15) is 30.4 Å². The molecule has 0 aromatic heterocycles. The Labute approximate surface area is 161 Å². The molecule has 0 aliphatic carbocycles. The van der Waals surface area contributed by atoms with E-state index in [1.165, 1.54) is 54.6 Å². The predicted molar refractivity (Wildman–Crippen MR) is 99.4 cm³/mol. The summed E-state index contributed by atoms with van der Waals surface area (Å²) in [6, 6.07) is 10.9. The van der Waals surface area contributed by atoms with Gasteiger partial charge in [-0.2, -0.15) is 8.78 Å². The number of halogens is 3. The van der Waals surface area contributed by atoms with Gasteiger partial charge in [-0.3, -0.25) is 4.39 Å². The van der Waals surface area contributed by atoms with Gasteiger partial charge < -0.3 is 14.6 Å². The van der Waals surface area contributed by atoms with Crippen LogP contribution in [0.2, 0.25) is 0 Å². The molecule has 0 radical (unpaired) electrons. The average molecular weight is 394 g/mol. The molecule has 150 valence electrons. The van der Waals surface area contributed by atoms with Crippen LogP contribution >= 0.6 is 0 Å². The van der Waals surface area contributed by atoms with E-state index in [9.17, 15) is 18.0 Å². The number of rotatable bonds is 11. The normalized spacial score (nSPS) is 11.5. The number of benzene rings is 2. The van der Waals surface area contributed by atoms with Crippen molar-refractivity contribution < 1.29 is 32.5 Å². The summed E-state index contributed by atoms with van der Waals surface area (Å²) in [5.41, 5.74) is 0.221. The highest BCUT2D eigenvalue weighted by molar-refractivity contribution is 5.85. The summed E-state index contributed by atoms with van der Waals surface area (Å²) >= 11 is 0. The fourth-order valence-corrected chi connectivity index (χ4v) is 2.33. The molecule has 0 amide bonds. The Morgan fingerprint density at radius 3 is 2.21 bits per heavy atom. The molecule has 7 heteroatoms. The van der Waals surface area contributed by atoms with Crippen LogP contribution in [0.15, 0.2) is 54.6 Å². The number of carboxylic acids is 1. The van der Waals surface area contributed by atoms with Crippen molar-refractivity contribution in [3.8, 4) is 11.5 Å². The van der Waals surface area contributed by atoms with E-state index in [0.717, 1.165) is 6.08 Å². The zero-order valence-electron chi connectivity index (χ0n) is 15.1. The zero-order chi connectivity index (χ0) is 20.4. The van der Waals surface area contributed by atoms with Crippen molar-refractivity contribution in [2.75, 3.05) is 13.3 Å². The van der Waals surface area contributed by atoms with E-state index in [1.807, 2.05) is 0 Å². The second-order valence-electron chi connectivity index (χ2n) is 5.98. The second-order valence-corrected chi connectivity index (χ2v) is 5.98. The first-order chi connectivity index (χ1) is 13.4. The highest BCUT2D eigenvalue weighted by Gasteiger charge is 2.34. The first-order valence-electron chi connectivity index (χ1n) is 8.78. The molecule has 0 atom stereocenters. The Bertz CT molecular complexity index is 771. The third kappa shape index (κ3) is 6.98. The molecule has 0 aliphatic rings. The van der Waals surface area contributed by atoms with E-state index in [1.54, 1.807) is 0 Å². The summed E-state index contributed by atoms with van der Waals surface area (Å²) in [6.07, 6.45) is 0.657. The van der Waals surface area contributed by atoms with Gasteiger partial charge in [-0.05, 0) is 67.3 Å². The number of hydrogen-bond donors (Lipinski definition) is 1. The summed E-state index contributed by atoms with van der Waals surface area (Å²) < 4.78 is 50.9. The Morgan fingerprint density at radius 2 is 1.61 bits per heavy atom. The average Bonchev–Trinajstić information content (AvgIpc) is 2.67. The van der Waals surface area contributed by atoms with Crippen molar-refractivity contribution in [3.63, 3.8) is 0 Å². The van der Waals surface area contributed by atoms with Gasteiger partial charge >= 0.3 is 12.1 Å². The van der Waals surface area contributed by atoms with Crippen LogP contribution in [-0.4, -0.2) is 24.4 Å². The van der Waals surface area contributed by atoms with E-state index in [0.29, 0.717) is 37.2 Å². The first kappa shape index (κ1) is 21.3. The smallest absolute Gasteiger partial charge is 0.426 e. The lowest BCUT2D eigenvalue weighted by molar-refractivity contribution is -0.185. The Hall–Kier alpha value is -2.96. The molecular weight excluding hydrogens is 373 g/mol. The lowest BCUT2D eigenvalue weighted by Gasteiger charge is -2.18. The predicted octanol–water partition coefficient (Wildman–Crippen LogP) is 5.43. The van der Waals surface area contributed by atoms with E-state index in [-0.39, 0.29) is 18.0 Å². The SMILES string of the molecule is O=C(O)C=Cc1ccc(OC(F)(F)c2ccc(OCCCCCF)cc2)cc1. The first-order valence-corrected chi connectivity index (χ1v) is 8.78. The zero-order valence-corrected chi connectivity index (χ0v) is 15.1. The van der Waals surface area contributed by atoms with Gasteiger partial charge in [0.05, 0.1) is 18.8 Å². The summed E-state index contributed by atoms with van der Waals surface area (Å²) in [4.78, 5) is 10.5. The van der Waals surface area contributed by atoms with Gasteiger partial charge in [0.25, 0.3) is 0 Å². The maximum Gasteiger partial charge on any atom is 0.426 e. The molecule has 2 aromatic rings. The molecule has 4 nitrogen and oxygen atoms in total. The van der Waals surface area contributed by atoms with Gasteiger partial charge in [0, 0.05) is 6.08 Å². The lowest BCUT2D eigenvalue weighted by atomic mass is 10.2. The molecule has 0 spiro atoms. The fraction of sp³-hybridized carbons (Fsp3) is 0.286. The molecule has 1 N–H and O–H groups in total. The van der Waals surface area contributed by atoms with Crippen molar-refractivity contribution in [3.05, 3.63) is 65.7 Å². The molecule has 0 saturated heterocycles. The van der Waals surface area contributed by atoms with Crippen LogP contribution in [0, 0.1) is 0 Å². The van der Waals surface area contributed by atoms with Gasteiger partial charge in [0.2, 0.25) is 0 Å². The number of aliphatic carboxylic acids is 1. The minimum absolute atomic E-state index is 0.0503. The molecule has 0 bridgehead atoms. The maximum atomic E-state index is 14.3. The quantitative estimate of drug-likeness (QED) is 0.408. The molecular formula is C21H21F3O4. The Morgan fingerprint density at radius 1 is 0.964 bits per heavy atom. The standard InChI is InChI=1S/C21H21F3O4/c22-14-2-1-3-15-27-18-11-7-17(8-12-18)21(23,24)28-19-9-4-16(5-10-19)6-13-20(25)26/h4-13H,1-3,14-15H2,(H,25,26). The molecule has 0 unspecified atom stereocenters. The summed E-state index contributed by atoms with van der Waals surface area (Å²) in [5.74, 6) is -0.695. The van der Waals surface area contributed by atoms with E-state index >= 15 is 0 Å². The molecule has 0 aliphatic heterocycles. The Balaban J connectivity index is 1.93. The van der Waals surface area contributed by atoms with Crippen LogP contribution in [-0.2, 0) is 10.9 Å². The molecule has 2 aromatic carbocycles. The number of unbranched alkanes of at least 4 members (excludes halogenated alkanes) is 2. The topological polar surface area (TPSA) is 55.8 Å². The number of ether oxygens (including phenoxy) is 2. The molecule has 28 heavy (non-hydrogen) atoms. The molecule has 0 saturated carbocycles. The third-order valence-corrected chi connectivity index (χ3v) is 3.78. The highest BCUT2D eigenvalue weighted by Crippen LogP contribution is 2.32. The van der Waals surface area contributed by atoms with Crippen LogP contribution in [0.4, 0.5) is 13.2 Å². The van der Waals surface area contributed by atoms with Crippen LogP contribution in [0.25, 0.3) is 6.08 Å². The molecule has 0 fully saturated rings. The van der Waals surface area contributed by atoms with E-state index < -0.39 is 12.1 Å². The van der Waals surface area contributed by atoms with Crippen molar-refractivity contribution in [2.24, 2.45) is 0 Å². The van der Waals surface area contributed by atoms with Gasteiger partial charge in [0.15, 0.2) is 0 Å². The lowest BCUT2D eigenvalue weighted by Crippen LogP contribution is -2.21. The fourth-order valence-electron chi connectivity index (χ4n) is 2.33. The van der Waals surface area contributed by atoms with Crippen molar-refractivity contribution >= 4 is 12.0 Å². The largest absolute Gasteiger partial charge is 0.494 e. The van der Waals surface area contributed by atoms with Crippen molar-refractivity contribution in [2.45, 2.75) is 25.4 Å². The molecule has 2 rings (SSSR count). The monoisotopic (exact) mass is 394 g/mol. The Kier molecular flexibility index (Phi) is 7.92. The summed E-state index contributed by atoms with van der Waals surface area (Å²) in [7, 11) is 0. The van der Waals surface area contributed by atoms with Crippen molar-refractivity contribution in [1.29, 1.82) is 0 Å². The van der Waals surface area contributed by atoms with Crippen LogP contribution in [0.3, 0.4) is 0 Å². The second kappa shape index (κ2) is 10.4. The van der Waals surface area contributed by atoms with E-state index in [4.69, 9.17) is 14.6 Å². The number of carbonyl (C=O) groups is 1. The van der Waals surface area contributed by atoms with Gasteiger partial charge in [-0.25, -0.2) is 4.79 Å². The van der Waals surface area contributed by atoms with E-state index in [2.05, 4.69) is 0 Å². The number of alkyl halides is 3. The number of hydrogen-bond acceptors (Lipinski definition) is 3. The molecule has 0 heterocycles. The summed E-state index contributed by atoms with van der Waals surface area (Å²) in [5, 5.41) is 8.58.